The molecule has 1 aromatic carbocycles. The van der Waals surface area contributed by atoms with E-state index in [1.54, 1.807) is 29.6 Å². The summed E-state index contributed by atoms with van der Waals surface area (Å²) in [5.74, 6) is -0.378. The van der Waals surface area contributed by atoms with Crippen LogP contribution in [-0.2, 0) is 17.5 Å². The van der Waals surface area contributed by atoms with Crippen LogP contribution in [0, 0.1) is 0 Å². The van der Waals surface area contributed by atoms with E-state index in [9.17, 15) is 23.1 Å². The summed E-state index contributed by atoms with van der Waals surface area (Å²) >= 11 is 4.45. The summed E-state index contributed by atoms with van der Waals surface area (Å²) in [7, 11) is 0. The van der Waals surface area contributed by atoms with Gasteiger partial charge in [0.05, 0.1) is 17.7 Å². The molecule has 3 nitrogen and oxygen atoms in total. The molecular formula is C21H20F3NO2S3. The predicted octanol–water partition coefficient (Wildman–Crippen LogP) is 6.35. The molecule has 0 radical (unpaired) electrons. The number of nitrogens with zero attached hydrogens (tertiary/aromatic N) is 1. The van der Waals surface area contributed by atoms with Gasteiger partial charge in [0.15, 0.2) is 0 Å². The molecule has 3 rings (SSSR count). The average molecular weight is 472 g/mol. The topological polar surface area (TPSA) is 40.5 Å². The second kappa shape index (κ2) is 9.98. The second-order valence-corrected chi connectivity index (χ2v) is 10.3. The van der Waals surface area contributed by atoms with Gasteiger partial charge in [-0.25, -0.2) is 4.79 Å². The Kier molecular flexibility index (Phi) is 7.60. The number of carbonyl (C=O) groups is 1. The van der Waals surface area contributed by atoms with Gasteiger partial charge in [-0.3, -0.25) is 0 Å². The predicted molar refractivity (Wildman–Crippen MR) is 118 cm³/mol. The maximum atomic E-state index is 12.9. The van der Waals surface area contributed by atoms with Crippen molar-refractivity contribution in [2.45, 2.75) is 35.2 Å². The summed E-state index contributed by atoms with van der Waals surface area (Å²) in [4.78, 5) is 15.4. The van der Waals surface area contributed by atoms with Crippen LogP contribution in [-0.4, -0.2) is 32.4 Å². The smallest absolute Gasteiger partial charge is 0.416 e. The SMILES string of the molecule is CC(CSC1C(C(=O)O)=CC=CN1Cc1cccs1)Sc1cccc(C(F)(F)F)c1. The van der Waals surface area contributed by atoms with Crippen LogP contribution < -0.4 is 0 Å². The van der Waals surface area contributed by atoms with E-state index in [1.807, 2.05) is 35.5 Å². The zero-order chi connectivity index (χ0) is 21.7. The molecule has 1 N–H and O–H groups in total. The first-order valence-electron chi connectivity index (χ1n) is 9.09. The molecule has 1 aliphatic rings. The van der Waals surface area contributed by atoms with E-state index in [2.05, 4.69) is 0 Å². The molecule has 2 atom stereocenters. The number of halogens is 3. The second-order valence-electron chi connectivity index (χ2n) is 6.66. The Balaban J connectivity index is 1.65. The highest BCUT2D eigenvalue weighted by atomic mass is 32.2. The summed E-state index contributed by atoms with van der Waals surface area (Å²) < 4.78 is 38.8. The number of rotatable bonds is 8. The summed E-state index contributed by atoms with van der Waals surface area (Å²) in [6.07, 6.45) is 0.853. The lowest BCUT2D eigenvalue weighted by atomic mass is 10.2. The molecule has 0 spiro atoms. The third-order valence-electron chi connectivity index (χ3n) is 4.27. The maximum absolute atomic E-state index is 12.9. The molecule has 1 aromatic heterocycles. The highest BCUT2D eigenvalue weighted by molar-refractivity contribution is 8.03. The fraction of sp³-hybridized carbons (Fsp3) is 0.286. The molecule has 30 heavy (non-hydrogen) atoms. The van der Waals surface area contributed by atoms with Crippen molar-refractivity contribution < 1.29 is 23.1 Å². The quantitative estimate of drug-likeness (QED) is 0.455. The molecule has 2 aromatic rings. The molecule has 0 fully saturated rings. The average Bonchev–Trinajstić information content (AvgIpc) is 3.19. The minimum Gasteiger partial charge on any atom is -0.478 e. The van der Waals surface area contributed by atoms with Crippen LogP contribution in [0.4, 0.5) is 13.2 Å². The Hall–Kier alpha value is -1.84. The minimum atomic E-state index is -4.37. The van der Waals surface area contributed by atoms with Gasteiger partial charge in [0.1, 0.15) is 5.37 Å². The third kappa shape index (κ3) is 6.09. The number of aliphatic carboxylic acids is 1. The minimum absolute atomic E-state index is 0.00280. The van der Waals surface area contributed by atoms with Crippen molar-refractivity contribution in [3.8, 4) is 0 Å². The van der Waals surface area contributed by atoms with E-state index in [0.717, 1.165) is 17.0 Å². The van der Waals surface area contributed by atoms with Crippen molar-refractivity contribution in [2.75, 3.05) is 5.75 Å². The number of hydrogen-bond donors (Lipinski definition) is 1. The monoisotopic (exact) mass is 471 g/mol. The fourth-order valence-corrected chi connectivity index (χ4v) is 6.10. The Morgan fingerprint density at radius 1 is 1.30 bits per heavy atom. The normalized spacial score (nSPS) is 17.7. The highest BCUT2D eigenvalue weighted by Crippen LogP contribution is 2.35. The first-order chi connectivity index (χ1) is 14.2. The van der Waals surface area contributed by atoms with Crippen molar-refractivity contribution in [3.63, 3.8) is 0 Å². The Morgan fingerprint density at radius 2 is 2.10 bits per heavy atom. The van der Waals surface area contributed by atoms with E-state index in [4.69, 9.17) is 0 Å². The number of carboxylic acids is 1. The van der Waals surface area contributed by atoms with Gasteiger partial charge >= 0.3 is 12.1 Å². The highest BCUT2D eigenvalue weighted by Gasteiger charge is 2.31. The molecule has 160 valence electrons. The largest absolute Gasteiger partial charge is 0.478 e. The van der Waals surface area contributed by atoms with Crippen LogP contribution in [0.15, 0.2) is 70.6 Å². The van der Waals surface area contributed by atoms with E-state index >= 15 is 0 Å². The fourth-order valence-electron chi connectivity index (χ4n) is 2.92. The van der Waals surface area contributed by atoms with E-state index in [1.165, 1.54) is 29.6 Å². The lowest BCUT2D eigenvalue weighted by molar-refractivity contribution is -0.137. The molecule has 0 saturated heterocycles. The van der Waals surface area contributed by atoms with Gasteiger partial charge in [-0.05, 0) is 41.8 Å². The number of carboxylic acid groups (broad SMARTS) is 1. The van der Waals surface area contributed by atoms with Gasteiger partial charge in [-0.15, -0.1) is 34.9 Å². The number of alkyl halides is 3. The molecule has 0 amide bonds. The van der Waals surface area contributed by atoms with Crippen LogP contribution in [0.25, 0.3) is 0 Å². The van der Waals surface area contributed by atoms with Crippen molar-refractivity contribution in [1.29, 1.82) is 0 Å². The van der Waals surface area contributed by atoms with Crippen molar-refractivity contribution in [2.24, 2.45) is 0 Å². The standard InChI is InChI=1S/C21H20F3NO2S3/c1-14(30-16-6-2-5-15(11-16)21(22,23)24)13-29-19-18(20(26)27)8-3-9-25(19)12-17-7-4-10-28-17/h2-11,14,19H,12-13H2,1H3,(H,26,27). The van der Waals surface area contributed by atoms with Gasteiger partial charge in [-0.2, -0.15) is 13.2 Å². The number of thiophene rings is 1. The van der Waals surface area contributed by atoms with Crippen LogP contribution >= 0.6 is 34.9 Å². The Labute approximate surface area is 185 Å². The lowest BCUT2D eigenvalue weighted by Crippen LogP contribution is -2.34. The van der Waals surface area contributed by atoms with Crippen molar-refractivity contribution in [1.82, 2.24) is 4.90 Å². The number of hydrogen-bond acceptors (Lipinski definition) is 5. The van der Waals surface area contributed by atoms with Gasteiger partial charge in [-0.1, -0.05) is 19.1 Å². The van der Waals surface area contributed by atoms with Gasteiger partial charge in [0, 0.05) is 27.0 Å². The Bertz CT molecular complexity index is 926. The van der Waals surface area contributed by atoms with E-state index in [0.29, 0.717) is 22.8 Å². The van der Waals surface area contributed by atoms with Gasteiger partial charge in [0.25, 0.3) is 0 Å². The van der Waals surface area contributed by atoms with E-state index < -0.39 is 17.7 Å². The first-order valence-corrected chi connectivity index (χ1v) is 11.9. The molecule has 0 bridgehead atoms. The van der Waals surface area contributed by atoms with Gasteiger partial charge in [0.2, 0.25) is 0 Å². The van der Waals surface area contributed by atoms with Crippen LogP contribution in [0.5, 0.6) is 0 Å². The molecule has 1 aliphatic heterocycles. The number of thioether (sulfide) groups is 2. The molecule has 2 unspecified atom stereocenters. The summed E-state index contributed by atoms with van der Waals surface area (Å²) in [5.41, 5.74) is -0.363. The zero-order valence-electron chi connectivity index (χ0n) is 16.0. The molecule has 0 saturated carbocycles. The summed E-state index contributed by atoms with van der Waals surface area (Å²) in [5, 5.41) is 11.2. The maximum Gasteiger partial charge on any atom is 0.416 e. The zero-order valence-corrected chi connectivity index (χ0v) is 18.5. The van der Waals surface area contributed by atoms with Crippen LogP contribution in [0.2, 0.25) is 0 Å². The number of allylic oxidation sites excluding steroid dienone is 2. The van der Waals surface area contributed by atoms with Crippen LogP contribution in [0.1, 0.15) is 17.4 Å². The molecule has 2 heterocycles. The van der Waals surface area contributed by atoms with Crippen molar-refractivity contribution in [3.05, 3.63) is 76.1 Å². The van der Waals surface area contributed by atoms with Gasteiger partial charge < -0.3 is 10.0 Å². The molecule has 9 heteroatoms. The number of benzene rings is 1. The third-order valence-corrected chi connectivity index (χ3v) is 7.97. The molecular weight excluding hydrogens is 451 g/mol. The lowest BCUT2D eigenvalue weighted by Gasteiger charge is -2.33. The first kappa shape index (κ1) is 22.8. The summed E-state index contributed by atoms with van der Waals surface area (Å²) in [6.45, 7) is 2.54. The van der Waals surface area contributed by atoms with Crippen LogP contribution in [0.3, 0.4) is 0 Å². The molecule has 0 aliphatic carbocycles. The van der Waals surface area contributed by atoms with E-state index in [-0.39, 0.29) is 10.6 Å². The Morgan fingerprint density at radius 3 is 2.77 bits per heavy atom. The summed E-state index contributed by atoms with van der Waals surface area (Å²) in [6, 6.07) is 9.24. The van der Waals surface area contributed by atoms with Crippen molar-refractivity contribution >= 4 is 40.8 Å².